The molecule has 1 amide bonds. The van der Waals surface area contributed by atoms with Crippen molar-refractivity contribution in [1.82, 2.24) is 0 Å². The highest BCUT2D eigenvalue weighted by molar-refractivity contribution is 6.10. The van der Waals surface area contributed by atoms with Crippen molar-refractivity contribution < 1.29 is 18.7 Å². The molecular formula is C20H15NO5. The third-order valence-corrected chi connectivity index (χ3v) is 4.51. The molecule has 0 saturated heterocycles. The molecule has 26 heavy (non-hydrogen) atoms. The normalized spacial score (nSPS) is 15.7. The maximum absolute atomic E-state index is 13.1. The highest BCUT2D eigenvalue weighted by atomic mass is 16.5. The van der Waals surface area contributed by atoms with Gasteiger partial charge in [-0.3, -0.25) is 14.5 Å². The minimum absolute atomic E-state index is 0.112. The highest BCUT2D eigenvalue weighted by Crippen LogP contribution is 2.34. The van der Waals surface area contributed by atoms with Crippen LogP contribution in [0.5, 0.6) is 0 Å². The Bertz CT molecular complexity index is 1080. The molecule has 1 atom stereocenters. The first-order valence-corrected chi connectivity index (χ1v) is 8.12. The molecule has 0 aliphatic carbocycles. The molecule has 0 fully saturated rings. The van der Waals surface area contributed by atoms with Crippen LogP contribution in [0.4, 0.5) is 5.69 Å². The average molecular weight is 349 g/mol. The number of amides is 1. The lowest BCUT2D eigenvalue weighted by atomic mass is 10.1. The number of ether oxygens (including phenoxy) is 1. The summed E-state index contributed by atoms with van der Waals surface area (Å²) in [6.07, 6.45) is 0.354. The summed E-state index contributed by atoms with van der Waals surface area (Å²) < 4.78 is 10.5. The van der Waals surface area contributed by atoms with Gasteiger partial charge in [-0.25, -0.2) is 4.79 Å². The van der Waals surface area contributed by atoms with Gasteiger partial charge in [-0.05, 0) is 23.8 Å². The molecule has 2 heterocycles. The Morgan fingerprint density at radius 1 is 1.12 bits per heavy atom. The molecule has 1 aromatic heterocycles. The van der Waals surface area contributed by atoms with Crippen LogP contribution >= 0.6 is 0 Å². The number of para-hydroxylation sites is 2. The lowest BCUT2D eigenvalue weighted by molar-refractivity contribution is -0.141. The van der Waals surface area contributed by atoms with E-state index < -0.39 is 17.9 Å². The van der Waals surface area contributed by atoms with E-state index >= 15 is 0 Å². The zero-order valence-electron chi connectivity index (χ0n) is 14.0. The molecule has 3 aromatic rings. The van der Waals surface area contributed by atoms with E-state index in [1.807, 2.05) is 12.1 Å². The maximum Gasteiger partial charge on any atom is 0.329 e. The van der Waals surface area contributed by atoms with Gasteiger partial charge in [0.1, 0.15) is 11.6 Å². The second-order valence-electron chi connectivity index (χ2n) is 6.02. The minimum atomic E-state index is -0.790. The Balaban J connectivity index is 1.83. The first kappa shape index (κ1) is 16.1. The van der Waals surface area contributed by atoms with Crippen LogP contribution in [0.2, 0.25) is 0 Å². The van der Waals surface area contributed by atoms with E-state index in [9.17, 15) is 14.4 Å². The summed E-state index contributed by atoms with van der Waals surface area (Å²) >= 11 is 0. The Kier molecular flexibility index (Phi) is 3.80. The minimum Gasteiger partial charge on any atom is -0.467 e. The topological polar surface area (TPSA) is 76.8 Å². The van der Waals surface area contributed by atoms with Crippen LogP contribution in [0.15, 0.2) is 63.8 Å². The van der Waals surface area contributed by atoms with E-state index in [4.69, 9.17) is 9.15 Å². The van der Waals surface area contributed by atoms with E-state index in [1.54, 1.807) is 36.4 Å². The van der Waals surface area contributed by atoms with Gasteiger partial charge in [0.05, 0.1) is 12.5 Å². The van der Waals surface area contributed by atoms with Gasteiger partial charge in [-0.1, -0.05) is 30.3 Å². The number of carbonyl (C=O) groups excluding carboxylic acids is 2. The molecule has 2 aromatic carbocycles. The van der Waals surface area contributed by atoms with Gasteiger partial charge in [0.2, 0.25) is 0 Å². The average Bonchev–Trinajstić information content (AvgIpc) is 3.06. The van der Waals surface area contributed by atoms with E-state index in [1.165, 1.54) is 18.1 Å². The van der Waals surface area contributed by atoms with Crippen molar-refractivity contribution in [2.75, 3.05) is 12.0 Å². The fourth-order valence-electron chi connectivity index (χ4n) is 3.29. The van der Waals surface area contributed by atoms with Crippen LogP contribution in [0, 0.1) is 0 Å². The van der Waals surface area contributed by atoms with Crippen LogP contribution in [-0.2, 0) is 16.0 Å². The Labute approximate surface area is 148 Å². The predicted molar refractivity (Wildman–Crippen MR) is 95.2 cm³/mol. The monoisotopic (exact) mass is 349 g/mol. The van der Waals surface area contributed by atoms with Crippen LogP contribution in [-0.4, -0.2) is 25.0 Å². The number of hydrogen-bond acceptors (Lipinski definition) is 5. The molecule has 6 heteroatoms. The third-order valence-electron chi connectivity index (χ3n) is 4.51. The van der Waals surface area contributed by atoms with Gasteiger partial charge >= 0.3 is 5.97 Å². The Hall–Kier alpha value is -3.41. The summed E-state index contributed by atoms with van der Waals surface area (Å²) in [6.45, 7) is 0. The zero-order chi connectivity index (χ0) is 18.3. The number of benzene rings is 2. The number of hydrogen-bond donors (Lipinski definition) is 0. The number of rotatable bonds is 2. The molecule has 130 valence electrons. The summed E-state index contributed by atoms with van der Waals surface area (Å²) in [5, 5.41) is 0.399. The van der Waals surface area contributed by atoms with Crippen LogP contribution in [0.1, 0.15) is 16.1 Å². The third kappa shape index (κ3) is 2.47. The number of methoxy groups -OCH3 is 1. The Morgan fingerprint density at radius 3 is 2.65 bits per heavy atom. The smallest absolute Gasteiger partial charge is 0.329 e. The van der Waals surface area contributed by atoms with Gasteiger partial charge in [-0.2, -0.15) is 0 Å². The summed E-state index contributed by atoms with van der Waals surface area (Å²) in [4.78, 5) is 39.0. The molecule has 0 radical (unpaired) electrons. The molecule has 0 spiro atoms. The molecule has 6 nitrogen and oxygen atoms in total. The van der Waals surface area contributed by atoms with Crippen molar-refractivity contribution in [2.45, 2.75) is 12.5 Å². The van der Waals surface area contributed by atoms with Gasteiger partial charge in [0.25, 0.3) is 5.91 Å². The van der Waals surface area contributed by atoms with Crippen molar-refractivity contribution in [1.29, 1.82) is 0 Å². The predicted octanol–water partition coefficient (Wildman–Crippen LogP) is 2.54. The lowest BCUT2D eigenvalue weighted by Crippen LogP contribution is -2.43. The van der Waals surface area contributed by atoms with Crippen LogP contribution < -0.4 is 10.3 Å². The quantitative estimate of drug-likeness (QED) is 0.665. The largest absolute Gasteiger partial charge is 0.467 e. The highest BCUT2D eigenvalue weighted by Gasteiger charge is 2.40. The summed E-state index contributed by atoms with van der Waals surface area (Å²) in [7, 11) is 1.28. The summed E-state index contributed by atoms with van der Waals surface area (Å²) in [5.41, 5.74) is 1.49. The Morgan fingerprint density at radius 2 is 1.85 bits per heavy atom. The number of esters is 1. The van der Waals surface area contributed by atoms with Gasteiger partial charge in [-0.15, -0.1) is 0 Å². The number of fused-ring (bicyclic) bond motifs is 2. The van der Waals surface area contributed by atoms with Crippen molar-refractivity contribution in [3.63, 3.8) is 0 Å². The van der Waals surface area contributed by atoms with Gasteiger partial charge < -0.3 is 9.15 Å². The first-order valence-electron chi connectivity index (χ1n) is 8.12. The number of carbonyl (C=O) groups is 2. The molecule has 1 aliphatic rings. The van der Waals surface area contributed by atoms with E-state index in [0.29, 0.717) is 23.1 Å². The molecular weight excluding hydrogens is 334 g/mol. The SMILES string of the molecule is COC(=O)C1Cc2ccccc2N1C(=O)c1cc(=O)c2ccccc2o1. The van der Waals surface area contributed by atoms with Gasteiger partial charge in [0.15, 0.2) is 11.2 Å². The van der Waals surface area contributed by atoms with Crippen molar-refractivity contribution >= 4 is 28.5 Å². The molecule has 4 rings (SSSR count). The molecule has 0 N–H and O–H groups in total. The van der Waals surface area contributed by atoms with E-state index in [0.717, 1.165) is 5.56 Å². The van der Waals surface area contributed by atoms with Crippen LogP contribution in [0.25, 0.3) is 11.0 Å². The van der Waals surface area contributed by atoms with E-state index in [2.05, 4.69) is 0 Å². The molecule has 1 aliphatic heterocycles. The van der Waals surface area contributed by atoms with Crippen molar-refractivity contribution in [3.8, 4) is 0 Å². The first-order chi connectivity index (χ1) is 12.6. The van der Waals surface area contributed by atoms with Crippen LogP contribution in [0.3, 0.4) is 0 Å². The van der Waals surface area contributed by atoms with Crippen molar-refractivity contribution in [3.05, 3.63) is 76.1 Å². The number of nitrogens with zero attached hydrogens (tertiary/aromatic N) is 1. The maximum atomic E-state index is 13.1. The fourth-order valence-corrected chi connectivity index (χ4v) is 3.29. The second kappa shape index (κ2) is 6.15. The lowest BCUT2D eigenvalue weighted by Gasteiger charge is -2.23. The fraction of sp³-hybridized carbons (Fsp3) is 0.150. The number of anilines is 1. The van der Waals surface area contributed by atoms with Crippen molar-refractivity contribution in [2.24, 2.45) is 0 Å². The van der Waals surface area contributed by atoms with Gasteiger partial charge in [0, 0.05) is 18.2 Å². The molecule has 1 unspecified atom stereocenters. The second-order valence-corrected chi connectivity index (χ2v) is 6.02. The summed E-state index contributed by atoms with van der Waals surface area (Å²) in [5.74, 6) is -1.18. The zero-order valence-corrected chi connectivity index (χ0v) is 14.0. The standard InChI is InChI=1S/C20H15NO5/c1-25-20(24)15-10-12-6-2-4-8-14(12)21(15)19(23)18-11-16(22)13-7-3-5-9-17(13)26-18/h2-9,11,15H,10H2,1H3. The van der Waals surface area contributed by atoms with E-state index in [-0.39, 0.29) is 11.2 Å². The molecule has 0 bridgehead atoms. The summed E-state index contributed by atoms with van der Waals surface area (Å²) in [6, 6.07) is 14.3. The molecule has 0 saturated carbocycles.